The van der Waals surface area contributed by atoms with E-state index in [0.717, 1.165) is 31.4 Å². The van der Waals surface area contributed by atoms with Crippen LogP contribution in [0.4, 0.5) is 0 Å². The van der Waals surface area contributed by atoms with Crippen molar-refractivity contribution >= 4 is 0 Å². The van der Waals surface area contributed by atoms with Gasteiger partial charge >= 0.3 is 0 Å². The largest absolute Gasteiger partial charge is 0.494 e. The van der Waals surface area contributed by atoms with Crippen LogP contribution in [0.2, 0.25) is 0 Å². The molecule has 0 heterocycles. The molecule has 1 aromatic rings. The molecule has 100 valence electrons. The first-order valence-corrected chi connectivity index (χ1v) is 7.17. The number of nitrogens with one attached hydrogen (secondary N) is 1. The van der Waals surface area contributed by atoms with Gasteiger partial charge in [-0.2, -0.15) is 0 Å². The van der Waals surface area contributed by atoms with E-state index >= 15 is 0 Å². The maximum Gasteiger partial charge on any atom is 0.119 e. The smallest absolute Gasteiger partial charge is 0.119 e. The molecule has 2 atom stereocenters. The van der Waals surface area contributed by atoms with Gasteiger partial charge in [-0.05, 0) is 49.9 Å². The molecule has 0 aromatic heterocycles. The molecule has 1 aromatic carbocycles. The van der Waals surface area contributed by atoms with Crippen molar-refractivity contribution in [2.24, 2.45) is 5.92 Å². The summed E-state index contributed by atoms with van der Waals surface area (Å²) in [5.41, 5.74) is 1.81. The summed E-state index contributed by atoms with van der Waals surface area (Å²) in [6, 6.07) is 8.71. The van der Waals surface area contributed by atoms with E-state index in [1.54, 1.807) is 0 Å². The quantitative estimate of drug-likeness (QED) is 0.832. The van der Waals surface area contributed by atoms with Gasteiger partial charge in [-0.25, -0.2) is 0 Å². The average molecular weight is 247 g/mol. The third kappa shape index (κ3) is 2.39. The number of likely N-dealkylation sites (N-methyl/N-ethyl adjacent to an activating group) is 1. The summed E-state index contributed by atoms with van der Waals surface area (Å²) in [5, 5.41) is 3.53. The van der Waals surface area contributed by atoms with Crippen molar-refractivity contribution in [3.63, 3.8) is 0 Å². The van der Waals surface area contributed by atoms with E-state index in [-0.39, 0.29) is 0 Å². The van der Waals surface area contributed by atoms with Crippen LogP contribution in [0.15, 0.2) is 24.3 Å². The van der Waals surface area contributed by atoms with E-state index in [9.17, 15) is 0 Å². The van der Waals surface area contributed by atoms with Gasteiger partial charge in [-0.15, -0.1) is 0 Å². The summed E-state index contributed by atoms with van der Waals surface area (Å²) >= 11 is 0. The van der Waals surface area contributed by atoms with Gasteiger partial charge in [-0.1, -0.05) is 26.0 Å². The van der Waals surface area contributed by atoms with Crippen LogP contribution in [0.5, 0.6) is 5.75 Å². The summed E-state index contributed by atoms with van der Waals surface area (Å²) in [7, 11) is 0. The molecule has 2 heteroatoms. The number of benzene rings is 1. The second-order valence-electron chi connectivity index (χ2n) is 5.33. The fourth-order valence-corrected chi connectivity index (χ4v) is 2.97. The molecule has 0 spiro atoms. The Balaban J connectivity index is 2.15. The van der Waals surface area contributed by atoms with Crippen molar-refractivity contribution in [2.75, 3.05) is 19.7 Å². The third-order valence-electron chi connectivity index (χ3n) is 4.40. The molecule has 1 fully saturated rings. The van der Waals surface area contributed by atoms with E-state index < -0.39 is 0 Å². The predicted molar refractivity (Wildman–Crippen MR) is 76.2 cm³/mol. The van der Waals surface area contributed by atoms with Gasteiger partial charge in [-0.3, -0.25) is 0 Å². The van der Waals surface area contributed by atoms with E-state index in [0.29, 0.717) is 5.41 Å². The van der Waals surface area contributed by atoms with Crippen LogP contribution in [-0.4, -0.2) is 19.7 Å². The van der Waals surface area contributed by atoms with Gasteiger partial charge in [0, 0.05) is 12.0 Å². The fourth-order valence-electron chi connectivity index (χ4n) is 2.97. The van der Waals surface area contributed by atoms with Crippen LogP contribution in [0.1, 0.15) is 39.2 Å². The van der Waals surface area contributed by atoms with Crippen molar-refractivity contribution in [3.05, 3.63) is 29.8 Å². The molecule has 1 aliphatic carbocycles. The molecule has 2 rings (SSSR count). The number of hydrogen-bond acceptors (Lipinski definition) is 2. The van der Waals surface area contributed by atoms with Gasteiger partial charge in [0.2, 0.25) is 0 Å². The van der Waals surface area contributed by atoms with Crippen LogP contribution in [0, 0.1) is 5.92 Å². The molecule has 18 heavy (non-hydrogen) atoms. The van der Waals surface area contributed by atoms with Gasteiger partial charge in [0.15, 0.2) is 0 Å². The molecule has 0 saturated heterocycles. The molecule has 1 saturated carbocycles. The highest BCUT2D eigenvalue weighted by Gasteiger charge is 2.44. The number of rotatable bonds is 6. The standard InChI is InChI=1S/C16H25NO/c1-4-17-12-16(11-10-13(16)3)14-6-8-15(9-7-14)18-5-2/h6-9,13,17H,4-5,10-12H2,1-3H3. The zero-order valence-corrected chi connectivity index (χ0v) is 11.8. The lowest BCUT2D eigenvalue weighted by Crippen LogP contribution is -2.50. The Bertz CT molecular complexity index is 373. The highest BCUT2D eigenvalue weighted by molar-refractivity contribution is 5.35. The summed E-state index contributed by atoms with van der Waals surface area (Å²) < 4.78 is 5.52. The maximum atomic E-state index is 5.52. The minimum Gasteiger partial charge on any atom is -0.494 e. The van der Waals surface area contributed by atoms with Crippen LogP contribution >= 0.6 is 0 Å². The molecular formula is C16H25NO. The van der Waals surface area contributed by atoms with Crippen molar-refractivity contribution in [3.8, 4) is 5.75 Å². The Kier molecular flexibility index (Phi) is 4.28. The topological polar surface area (TPSA) is 21.3 Å². The van der Waals surface area contributed by atoms with Crippen LogP contribution < -0.4 is 10.1 Å². The first kappa shape index (κ1) is 13.4. The Morgan fingerprint density at radius 1 is 1.28 bits per heavy atom. The lowest BCUT2D eigenvalue weighted by molar-refractivity contribution is 0.135. The Morgan fingerprint density at radius 2 is 2.00 bits per heavy atom. The molecule has 2 unspecified atom stereocenters. The van der Waals surface area contributed by atoms with Crippen molar-refractivity contribution in [2.45, 2.75) is 39.0 Å². The van der Waals surface area contributed by atoms with E-state index in [1.807, 2.05) is 6.92 Å². The van der Waals surface area contributed by atoms with Gasteiger partial charge in [0.05, 0.1) is 6.61 Å². The van der Waals surface area contributed by atoms with Gasteiger partial charge in [0.25, 0.3) is 0 Å². The average Bonchev–Trinajstić information content (AvgIpc) is 2.40. The fraction of sp³-hybridized carbons (Fsp3) is 0.625. The minimum absolute atomic E-state index is 0.348. The highest BCUT2D eigenvalue weighted by Crippen LogP contribution is 2.48. The molecule has 2 nitrogen and oxygen atoms in total. The van der Waals surface area contributed by atoms with Crippen molar-refractivity contribution in [1.82, 2.24) is 5.32 Å². The van der Waals surface area contributed by atoms with Crippen molar-refractivity contribution in [1.29, 1.82) is 0 Å². The van der Waals surface area contributed by atoms with E-state index in [4.69, 9.17) is 4.74 Å². The molecule has 1 N–H and O–H groups in total. The minimum atomic E-state index is 0.348. The lowest BCUT2D eigenvalue weighted by atomic mass is 9.57. The SMILES string of the molecule is CCNCC1(c2ccc(OCC)cc2)CCC1C. The van der Waals surface area contributed by atoms with Gasteiger partial charge < -0.3 is 10.1 Å². The molecule has 0 radical (unpaired) electrons. The molecule has 1 aliphatic rings. The summed E-state index contributed by atoms with van der Waals surface area (Å²) in [4.78, 5) is 0. The predicted octanol–water partition coefficient (Wildman–Crippen LogP) is 3.36. The molecule has 0 bridgehead atoms. The molecule has 0 aliphatic heterocycles. The van der Waals surface area contributed by atoms with Crippen LogP contribution in [0.3, 0.4) is 0 Å². The third-order valence-corrected chi connectivity index (χ3v) is 4.40. The van der Waals surface area contributed by atoms with Crippen LogP contribution in [0.25, 0.3) is 0 Å². The summed E-state index contributed by atoms with van der Waals surface area (Å²) in [6.45, 7) is 9.45. The second kappa shape index (κ2) is 5.75. The normalized spacial score (nSPS) is 26.7. The van der Waals surface area contributed by atoms with E-state index in [1.165, 1.54) is 18.4 Å². The lowest BCUT2D eigenvalue weighted by Gasteiger charge is -2.49. The molecular weight excluding hydrogens is 222 g/mol. The van der Waals surface area contributed by atoms with Crippen LogP contribution in [-0.2, 0) is 5.41 Å². The van der Waals surface area contributed by atoms with E-state index in [2.05, 4.69) is 43.4 Å². The Morgan fingerprint density at radius 3 is 2.44 bits per heavy atom. The maximum absolute atomic E-state index is 5.52. The summed E-state index contributed by atoms with van der Waals surface area (Å²) in [5.74, 6) is 1.75. The number of ether oxygens (including phenoxy) is 1. The monoisotopic (exact) mass is 247 g/mol. The number of hydrogen-bond donors (Lipinski definition) is 1. The zero-order valence-electron chi connectivity index (χ0n) is 11.8. The second-order valence-corrected chi connectivity index (χ2v) is 5.33. The highest BCUT2D eigenvalue weighted by atomic mass is 16.5. The Labute approximate surface area is 111 Å². The zero-order chi connectivity index (χ0) is 13.0. The van der Waals surface area contributed by atoms with Crippen molar-refractivity contribution < 1.29 is 4.74 Å². The first-order chi connectivity index (χ1) is 8.73. The Hall–Kier alpha value is -1.02. The molecule has 0 amide bonds. The summed E-state index contributed by atoms with van der Waals surface area (Å²) in [6.07, 6.45) is 2.65. The van der Waals surface area contributed by atoms with Gasteiger partial charge in [0.1, 0.15) is 5.75 Å². The first-order valence-electron chi connectivity index (χ1n) is 7.17.